The lowest BCUT2D eigenvalue weighted by atomic mass is 9.81. The van der Waals surface area contributed by atoms with Crippen molar-refractivity contribution in [1.82, 2.24) is 10.3 Å². The average molecular weight is 506 g/mol. The van der Waals surface area contributed by atoms with Gasteiger partial charge in [0.15, 0.2) is 0 Å². The minimum Gasteiger partial charge on any atom is -0.444 e. The second-order valence-electron chi connectivity index (χ2n) is 9.45. The van der Waals surface area contributed by atoms with Gasteiger partial charge in [-0.05, 0) is 70.5 Å². The number of benzene rings is 1. The molecular weight excluding hydrogens is 478 g/mol. The van der Waals surface area contributed by atoms with Gasteiger partial charge in [-0.15, -0.1) is 0 Å². The molecule has 1 aromatic heterocycles. The van der Waals surface area contributed by atoms with Crippen LogP contribution in [0.5, 0.6) is 0 Å². The average Bonchev–Trinajstić information content (AvgIpc) is 2.68. The maximum atomic E-state index is 14.1. The van der Waals surface area contributed by atoms with E-state index < -0.39 is 53.5 Å². The number of aliphatic hydroxyl groups excluding tert-OH is 1. The Bertz CT molecular complexity index is 1050. The molecule has 0 radical (unpaired) electrons. The van der Waals surface area contributed by atoms with E-state index in [1.807, 2.05) is 0 Å². The first-order chi connectivity index (χ1) is 15.5. The van der Waals surface area contributed by atoms with Crippen LogP contribution in [0.2, 0.25) is 5.02 Å². The number of nitrogens with zero attached hydrogens (tertiary/aromatic N) is 1. The van der Waals surface area contributed by atoms with Crippen LogP contribution < -0.4 is 11.1 Å². The number of hydrogen-bond acceptors (Lipinski definition) is 5. The Morgan fingerprint density at radius 2 is 1.76 bits per heavy atom. The molecule has 188 valence electrons. The van der Waals surface area contributed by atoms with Gasteiger partial charge in [0.25, 0.3) is 0 Å². The normalized spacial score (nSPS) is 14.5. The zero-order valence-corrected chi connectivity index (χ0v) is 20.2. The van der Waals surface area contributed by atoms with Crippen LogP contribution in [0.3, 0.4) is 0 Å². The van der Waals surface area contributed by atoms with Gasteiger partial charge in [-0.3, -0.25) is 4.98 Å². The first-order valence-electron chi connectivity index (χ1n) is 10.3. The summed E-state index contributed by atoms with van der Waals surface area (Å²) in [6, 6.07) is 6.16. The number of carbonyl (C=O) groups excluding carboxylic acids is 1. The highest BCUT2D eigenvalue weighted by molar-refractivity contribution is 6.31. The molecular formula is C23H28ClF4N3O3. The van der Waals surface area contributed by atoms with Crippen molar-refractivity contribution in [2.75, 3.05) is 13.2 Å². The van der Waals surface area contributed by atoms with E-state index in [-0.39, 0.29) is 21.8 Å². The molecule has 0 aliphatic rings. The van der Waals surface area contributed by atoms with Crippen LogP contribution in [-0.2, 0) is 15.7 Å². The van der Waals surface area contributed by atoms with Gasteiger partial charge in [-0.2, -0.15) is 13.2 Å². The summed E-state index contributed by atoms with van der Waals surface area (Å²) in [5, 5.41) is 12.2. The van der Waals surface area contributed by atoms with Crippen LogP contribution in [0, 0.1) is 5.82 Å². The van der Waals surface area contributed by atoms with E-state index >= 15 is 0 Å². The molecule has 1 amide bonds. The van der Waals surface area contributed by atoms with Crippen molar-refractivity contribution in [1.29, 1.82) is 0 Å². The van der Waals surface area contributed by atoms with E-state index in [2.05, 4.69) is 10.3 Å². The van der Waals surface area contributed by atoms with E-state index in [0.29, 0.717) is 0 Å². The molecule has 0 saturated carbocycles. The Morgan fingerprint density at radius 3 is 2.24 bits per heavy atom. The number of nitrogens with two attached hydrogens (primary N) is 1. The van der Waals surface area contributed by atoms with Crippen LogP contribution in [0.1, 0.15) is 45.9 Å². The van der Waals surface area contributed by atoms with Gasteiger partial charge in [-0.25, -0.2) is 9.18 Å². The zero-order valence-electron chi connectivity index (χ0n) is 19.5. The molecule has 1 aromatic carbocycles. The van der Waals surface area contributed by atoms with Crippen molar-refractivity contribution in [2.45, 2.75) is 57.3 Å². The molecule has 1 atom stereocenters. The fraction of sp³-hybridized carbons (Fsp3) is 0.478. The predicted octanol–water partition coefficient (Wildman–Crippen LogP) is 5.05. The van der Waals surface area contributed by atoms with Gasteiger partial charge in [-0.1, -0.05) is 11.6 Å². The Kier molecular flexibility index (Phi) is 7.91. The highest BCUT2D eigenvalue weighted by atomic mass is 35.5. The predicted molar refractivity (Wildman–Crippen MR) is 121 cm³/mol. The van der Waals surface area contributed by atoms with Crippen molar-refractivity contribution in [3.8, 4) is 11.3 Å². The molecule has 1 unspecified atom stereocenters. The van der Waals surface area contributed by atoms with Crippen LogP contribution in [0.15, 0.2) is 30.3 Å². The van der Waals surface area contributed by atoms with E-state index in [1.54, 1.807) is 34.6 Å². The van der Waals surface area contributed by atoms with Crippen molar-refractivity contribution < 1.29 is 32.2 Å². The molecule has 1 heterocycles. The molecule has 0 aliphatic carbocycles. The number of pyridine rings is 1. The van der Waals surface area contributed by atoms with Crippen molar-refractivity contribution >= 4 is 17.7 Å². The molecule has 0 saturated heterocycles. The third-order valence-electron chi connectivity index (χ3n) is 5.23. The SMILES string of the molecule is CC(C)(C)OC(=O)NC(C)(C)c1cc(-c2ccc(F)c(Cl)c2)nc(C(CN)(CO)C(F)(F)F)c1. The number of carbonyl (C=O) groups is 1. The number of ether oxygens (including phenoxy) is 1. The highest BCUT2D eigenvalue weighted by Crippen LogP contribution is 2.41. The molecule has 2 aromatic rings. The van der Waals surface area contributed by atoms with Crippen LogP contribution in [0.4, 0.5) is 22.4 Å². The molecule has 0 spiro atoms. The molecule has 34 heavy (non-hydrogen) atoms. The second kappa shape index (κ2) is 9.67. The van der Waals surface area contributed by atoms with Gasteiger partial charge >= 0.3 is 12.3 Å². The van der Waals surface area contributed by atoms with Gasteiger partial charge in [0.1, 0.15) is 16.8 Å². The summed E-state index contributed by atoms with van der Waals surface area (Å²) in [6.45, 7) is 5.80. The van der Waals surface area contributed by atoms with E-state index in [0.717, 1.165) is 12.1 Å². The molecule has 6 nitrogen and oxygen atoms in total. The number of aliphatic hydroxyl groups is 1. The van der Waals surface area contributed by atoms with Gasteiger partial charge < -0.3 is 20.9 Å². The number of aromatic nitrogens is 1. The van der Waals surface area contributed by atoms with Gasteiger partial charge in [0.2, 0.25) is 0 Å². The highest BCUT2D eigenvalue weighted by Gasteiger charge is 2.56. The maximum absolute atomic E-state index is 14.1. The van der Waals surface area contributed by atoms with Gasteiger partial charge in [0, 0.05) is 12.1 Å². The summed E-state index contributed by atoms with van der Waals surface area (Å²) in [7, 11) is 0. The summed E-state index contributed by atoms with van der Waals surface area (Å²) in [4.78, 5) is 16.5. The quantitative estimate of drug-likeness (QED) is 0.477. The van der Waals surface area contributed by atoms with Gasteiger partial charge in [0.05, 0.1) is 28.6 Å². The lowest BCUT2D eigenvalue weighted by molar-refractivity contribution is -0.199. The standard InChI is InChI=1S/C23H28ClF4N3O3/c1-20(2,3)34-19(33)31-21(4,5)14-9-17(13-6-7-16(25)15(24)8-13)30-18(10-14)22(11-29,12-32)23(26,27)28/h6-10,32H,11-12,29H2,1-5H3,(H,31,33). The molecule has 0 fully saturated rings. The largest absolute Gasteiger partial charge is 0.444 e. The third kappa shape index (κ3) is 5.97. The smallest absolute Gasteiger partial charge is 0.408 e. The molecule has 11 heteroatoms. The number of rotatable bonds is 6. The zero-order chi connectivity index (χ0) is 26.1. The first-order valence-corrected chi connectivity index (χ1v) is 10.7. The molecule has 2 rings (SSSR count). The monoisotopic (exact) mass is 505 g/mol. The third-order valence-corrected chi connectivity index (χ3v) is 5.52. The lowest BCUT2D eigenvalue weighted by Gasteiger charge is -2.35. The number of halogens is 5. The second-order valence-corrected chi connectivity index (χ2v) is 9.86. The fourth-order valence-electron chi connectivity index (χ4n) is 3.17. The van der Waals surface area contributed by atoms with E-state index in [4.69, 9.17) is 22.1 Å². The van der Waals surface area contributed by atoms with Crippen LogP contribution in [0.25, 0.3) is 11.3 Å². The molecule has 0 aliphatic heterocycles. The van der Waals surface area contributed by atoms with E-state index in [1.165, 1.54) is 18.2 Å². The van der Waals surface area contributed by atoms with Crippen molar-refractivity contribution in [3.05, 3.63) is 52.4 Å². The molecule has 4 N–H and O–H groups in total. The first kappa shape index (κ1) is 27.8. The Hall–Kier alpha value is -2.43. The number of nitrogens with one attached hydrogen (secondary N) is 1. The molecule has 0 bridgehead atoms. The maximum Gasteiger partial charge on any atom is 0.408 e. The Labute approximate surface area is 200 Å². The summed E-state index contributed by atoms with van der Waals surface area (Å²) in [5.41, 5.74) is 0.493. The number of amides is 1. The van der Waals surface area contributed by atoms with Crippen LogP contribution in [-0.4, -0.2) is 41.1 Å². The summed E-state index contributed by atoms with van der Waals surface area (Å²) in [6.07, 6.45) is -5.73. The minimum absolute atomic E-state index is 0.0176. The minimum atomic E-state index is -4.94. The van der Waals surface area contributed by atoms with Crippen molar-refractivity contribution in [2.24, 2.45) is 5.73 Å². The fourth-order valence-corrected chi connectivity index (χ4v) is 3.35. The summed E-state index contributed by atoms with van der Waals surface area (Å²) in [5.74, 6) is -0.712. The number of alkyl halides is 3. The number of hydrogen-bond donors (Lipinski definition) is 3. The number of alkyl carbamates (subject to hydrolysis) is 1. The summed E-state index contributed by atoms with van der Waals surface area (Å²) >= 11 is 5.86. The van der Waals surface area contributed by atoms with E-state index in [9.17, 15) is 27.5 Å². The summed E-state index contributed by atoms with van der Waals surface area (Å²) < 4.78 is 61.2. The topological polar surface area (TPSA) is 97.5 Å². The Morgan fingerprint density at radius 1 is 1.15 bits per heavy atom. The lowest BCUT2D eigenvalue weighted by Crippen LogP contribution is -2.52. The van der Waals surface area contributed by atoms with Crippen molar-refractivity contribution in [3.63, 3.8) is 0 Å². The van der Waals surface area contributed by atoms with Crippen LogP contribution >= 0.6 is 11.6 Å². The Balaban J connectivity index is 2.74.